The maximum Gasteiger partial charge on any atom is 0.472 e. The Morgan fingerprint density at radius 2 is 1.50 bits per heavy atom. The van der Waals surface area contributed by atoms with E-state index >= 15 is 0 Å². The molecule has 1 N–H and O–H groups in total. The summed E-state index contributed by atoms with van der Waals surface area (Å²) in [6.07, 6.45) is 6.12. The van der Waals surface area contributed by atoms with Gasteiger partial charge in [0.2, 0.25) is 0 Å². The van der Waals surface area contributed by atoms with Gasteiger partial charge in [0.1, 0.15) is 0 Å². The van der Waals surface area contributed by atoms with Crippen LogP contribution in [-0.2, 0) is 23.1 Å². The topological polar surface area (TPSA) is 82.1 Å². The molecule has 0 radical (unpaired) electrons. The summed E-state index contributed by atoms with van der Waals surface area (Å²) < 4.78 is 27.2. The highest BCUT2D eigenvalue weighted by Crippen LogP contribution is 2.43. The first kappa shape index (κ1) is 23.3. The van der Waals surface area contributed by atoms with Crippen LogP contribution in [0.5, 0.6) is 0 Å². The third-order valence-electron chi connectivity index (χ3n) is 3.18. The van der Waals surface area contributed by atoms with Gasteiger partial charge < -0.3 is 14.1 Å². The number of hydrogen-bond donors (Lipinski definition) is 1. The Bertz CT molecular complexity index is 408. The average Bonchev–Trinajstić information content (AvgIpc) is 2.48. The number of ether oxygens (including phenoxy) is 1. The maximum absolute atomic E-state index is 11.7. The van der Waals surface area contributed by atoms with E-state index in [2.05, 4.69) is 27.7 Å². The van der Waals surface area contributed by atoms with Crippen LogP contribution in [0.3, 0.4) is 0 Å². The molecule has 1 unspecified atom stereocenters. The second-order valence-corrected chi connectivity index (χ2v) is 8.10. The number of unbranched alkanes of at least 4 members (excludes halogenated alkanes) is 4. The summed E-state index contributed by atoms with van der Waals surface area (Å²) >= 11 is 0. The van der Waals surface area contributed by atoms with Crippen molar-refractivity contribution in [3.63, 3.8) is 0 Å². The second kappa shape index (κ2) is 12.6. The van der Waals surface area contributed by atoms with Crippen molar-refractivity contribution in [2.75, 3.05) is 47.5 Å². The molecular weight excluding hydrogens is 333 g/mol. The number of hydrogen-bond acceptors (Lipinski definition) is 5. The molecule has 0 saturated carbocycles. The number of carbonyl (C=O) groups is 1. The van der Waals surface area contributed by atoms with Gasteiger partial charge in [-0.1, -0.05) is 25.8 Å². The fourth-order valence-electron chi connectivity index (χ4n) is 1.90. The van der Waals surface area contributed by atoms with Crippen LogP contribution in [0.2, 0.25) is 0 Å². The largest absolute Gasteiger partial charge is 0.472 e. The smallest absolute Gasteiger partial charge is 0.463 e. The summed E-state index contributed by atoms with van der Waals surface area (Å²) in [5.74, 6) is -0.399. The van der Waals surface area contributed by atoms with E-state index in [1.807, 2.05) is 0 Å². The number of phosphoric ester groups is 1. The molecule has 24 heavy (non-hydrogen) atoms. The van der Waals surface area contributed by atoms with Crippen LogP contribution in [0.15, 0.2) is 12.7 Å². The minimum atomic E-state index is -3.93. The molecule has 7 nitrogen and oxygen atoms in total. The van der Waals surface area contributed by atoms with Crippen LogP contribution in [0.1, 0.15) is 38.5 Å². The van der Waals surface area contributed by atoms with E-state index in [1.165, 1.54) is 0 Å². The molecule has 142 valence electrons. The maximum atomic E-state index is 11.7. The first-order chi connectivity index (χ1) is 11.2. The van der Waals surface area contributed by atoms with E-state index in [-0.39, 0.29) is 13.2 Å². The van der Waals surface area contributed by atoms with Gasteiger partial charge in [0.25, 0.3) is 0 Å². The Morgan fingerprint density at radius 1 is 1.00 bits per heavy atom. The summed E-state index contributed by atoms with van der Waals surface area (Å²) in [5.41, 5.74) is 0. The van der Waals surface area contributed by atoms with E-state index in [0.717, 1.165) is 42.8 Å². The van der Waals surface area contributed by atoms with Gasteiger partial charge in [0.15, 0.2) is 0 Å². The molecular formula is C16H33NO6P+. The predicted molar refractivity (Wildman–Crippen MR) is 93.5 cm³/mol. The molecule has 0 saturated heterocycles. The summed E-state index contributed by atoms with van der Waals surface area (Å²) in [4.78, 5) is 20.3. The fourth-order valence-corrected chi connectivity index (χ4v) is 2.70. The normalized spacial score (nSPS) is 14.2. The Hall–Kier alpha value is -0.720. The Labute approximate surface area is 145 Å². The van der Waals surface area contributed by atoms with Crippen molar-refractivity contribution in [1.29, 1.82) is 0 Å². The zero-order valence-corrected chi connectivity index (χ0v) is 16.1. The van der Waals surface area contributed by atoms with E-state index < -0.39 is 13.8 Å². The number of carbonyl (C=O) groups excluding carboxylic acids is 1. The molecule has 0 aromatic carbocycles. The van der Waals surface area contributed by atoms with Crippen molar-refractivity contribution in [1.82, 2.24) is 0 Å². The highest BCUT2D eigenvalue weighted by Gasteiger charge is 2.20. The van der Waals surface area contributed by atoms with Gasteiger partial charge in [0.05, 0.1) is 47.5 Å². The molecule has 0 rings (SSSR count). The van der Waals surface area contributed by atoms with Gasteiger partial charge in [-0.3, -0.25) is 9.05 Å². The van der Waals surface area contributed by atoms with Crippen LogP contribution in [0.4, 0.5) is 0 Å². The van der Waals surface area contributed by atoms with E-state index in [4.69, 9.17) is 13.8 Å². The first-order valence-electron chi connectivity index (χ1n) is 8.38. The molecule has 0 bridgehead atoms. The van der Waals surface area contributed by atoms with Crippen molar-refractivity contribution >= 4 is 13.8 Å². The van der Waals surface area contributed by atoms with Crippen LogP contribution < -0.4 is 0 Å². The minimum Gasteiger partial charge on any atom is -0.463 e. The number of phosphoric acid groups is 1. The van der Waals surface area contributed by atoms with Gasteiger partial charge in [-0.25, -0.2) is 9.36 Å². The molecule has 0 spiro atoms. The van der Waals surface area contributed by atoms with Crippen molar-refractivity contribution < 1.29 is 32.5 Å². The van der Waals surface area contributed by atoms with E-state index in [9.17, 15) is 14.3 Å². The van der Waals surface area contributed by atoms with Crippen LogP contribution in [0, 0.1) is 0 Å². The molecule has 0 aliphatic rings. The first-order valence-corrected chi connectivity index (χ1v) is 9.87. The summed E-state index contributed by atoms with van der Waals surface area (Å²) in [6, 6.07) is 0. The predicted octanol–water partition coefficient (Wildman–Crippen LogP) is 2.90. The standard InChI is InChI=1S/C16H32NO6P/c1-5-16(18)21-13-9-7-6-8-10-14-22-24(19,20)23-15-11-12-17(2,3)4/h5H,1,6-15H2,2-4H3/p+1. The molecule has 0 aliphatic carbocycles. The fraction of sp³-hybridized carbons (Fsp3) is 0.812. The molecule has 0 aromatic heterocycles. The summed E-state index contributed by atoms with van der Waals surface area (Å²) in [6.45, 7) is 5.00. The lowest BCUT2D eigenvalue weighted by atomic mass is 10.1. The van der Waals surface area contributed by atoms with Gasteiger partial charge >= 0.3 is 13.8 Å². The molecule has 0 aliphatic heterocycles. The van der Waals surface area contributed by atoms with Crippen molar-refractivity contribution in [2.24, 2.45) is 0 Å². The van der Waals surface area contributed by atoms with Gasteiger partial charge in [-0.15, -0.1) is 0 Å². The number of quaternary nitrogens is 1. The number of esters is 1. The van der Waals surface area contributed by atoms with Gasteiger partial charge in [0, 0.05) is 12.5 Å². The lowest BCUT2D eigenvalue weighted by Gasteiger charge is -2.23. The molecule has 0 aromatic rings. The van der Waals surface area contributed by atoms with Crippen LogP contribution >= 0.6 is 7.82 Å². The minimum absolute atomic E-state index is 0.203. The Morgan fingerprint density at radius 3 is 2.04 bits per heavy atom. The lowest BCUT2D eigenvalue weighted by molar-refractivity contribution is -0.870. The highest BCUT2D eigenvalue weighted by molar-refractivity contribution is 7.47. The zero-order valence-electron chi connectivity index (χ0n) is 15.2. The Kier molecular flexibility index (Phi) is 12.2. The van der Waals surface area contributed by atoms with Crippen molar-refractivity contribution in [2.45, 2.75) is 38.5 Å². The van der Waals surface area contributed by atoms with Gasteiger partial charge in [-0.05, 0) is 12.8 Å². The summed E-state index contributed by atoms with van der Waals surface area (Å²) in [7, 11) is 2.23. The number of nitrogens with zero attached hydrogens (tertiary/aromatic N) is 1. The van der Waals surface area contributed by atoms with Crippen LogP contribution in [0.25, 0.3) is 0 Å². The molecule has 1 atom stereocenters. The highest BCUT2D eigenvalue weighted by atomic mass is 31.2. The molecule has 0 fully saturated rings. The molecule has 0 amide bonds. The van der Waals surface area contributed by atoms with Gasteiger partial charge in [-0.2, -0.15) is 0 Å². The average molecular weight is 366 g/mol. The SMILES string of the molecule is C=CC(=O)OCCCCCCCOP(=O)(O)OCCC[N+](C)(C)C. The number of rotatable bonds is 15. The summed E-state index contributed by atoms with van der Waals surface area (Å²) in [5, 5.41) is 0. The zero-order chi connectivity index (χ0) is 18.5. The Balaban J connectivity index is 3.50. The van der Waals surface area contributed by atoms with Crippen molar-refractivity contribution in [3.05, 3.63) is 12.7 Å². The quantitative estimate of drug-likeness (QED) is 0.158. The molecule has 0 heterocycles. The monoisotopic (exact) mass is 366 g/mol. The second-order valence-electron chi connectivity index (χ2n) is 6.64. The van der Waals surface area contributed by atoms with Crippen molar-refractivity contribution in [3.8, 4) is 0 Å². The van der Waals surface area contributed by atoms with E-state index in [1.54, 1.807) is 0 Å². The van der Waals surface area contributed by atoms with E-state index in [0.29, 0.717) is 19.4 Å². The molecule has 8 heteroatoms. The third kappa shape index (κ3) is 16.1. The lowest BCUT2D eigenvalue weighted by Crippen LogP contribution is -2.35. The van der Waals surface area contributed by atoms with Crippen LogP contribution in [-0.4, -0.2) is 62.9 Å². The third-order valence-corrected chi connectivity index (χ3v) is 4.20.